The third-order valence-electron chi connectivity index (χ3n) is 7.08. The summed E-state index contributed by atoms with van der Waals surface area (Å²) in [6.07, 6.45) is 5.17. The SMILES string of the molecule is COc1ccc([C@H]2C/C=C\C[C@H](c3ccc4c(c3)OCO4)NC(=O)[C@H](c3ccccc3)CC(=O)N2)c(OC)c1. The van der Waals surface area contributed by atoms with Gasteiger partial charge < -0.3 is 29.6 Å². The maximum absolute atomic E-state index is 13.7. The van der Waals surface area contributed by atoms with Crippen LogP contribution in [-0.4, -0.2) is 32.8 Å². The lowest BCUT2D eigenvalue weighted by Crippen LogP contribution is -2.37. The fraction of sp³-hybridized carbons (Fsp3) is 0.290. The Morgan fingerprint density at radius 2 is 1.54 bits per heavy atom. The van der Waals surface area contributed by atoms with Gasteiger partial charge in [0.2, 0.25) is 18.6 Å². The van der Waals surface area contributed by atoms with E-state index in [-0.39, 0.29) is 37.1 Å². The van der Waals surface area contributed by atoms with E-state index in [1.165, 1.54) is 0 Å². The molecule has 3 atom stereocenters. The first-order valence-electron chi connectivity index (χ1n) is 13.0. The maximum atomic E-state index is 13.7. The van der Waals surface area contributed by atoms with Crippen molar-refractivity contribution in [2.45, 2.75) is 37.3 Å². The van der Waals surface area contributed by atoms with Crippen LogP contribution in [0.1, 0.15) is 54.0 Å². The van der Waals surface area contributed by atoms with E-state index in [1.807, 2.05) is 72.8 Å². The Bertz CT molecular complexity index is 1360. The molecular weight excluding hydrogens is 496 g/mol. The van der Waals surface area contributed by atoms with Gasteiger partial charge in [0.15, 0.2) is 11.5 Å². The second-order valence-electron chi connectivity index (χ2n) is 9.51. The Balaban J connectivity index is 1.49. The molecule has 0 radical (unpaired) electrons. The van der Waals surface area contributed by atoms with Crippen LogP contribution in [0, 0.1) is 0 Å². The van der Waals surface area contributed by atoms with Crippen molar-refractivity contribution in [1.29, 1.82) is 0 Å². The van der Waals surface area contributed by atoms with Crippen LogP contribution >= 0.6 is 0 Å². The number of benzene rings is 3. The van der Waals surface area contributed by atoms with Gasteiger partial charge in [-0.3, -0.25) is 9.59 Å². The molecule has 0 aromatic heterocycles. The number of fused-ring (bicyclic) bond motifs is 1. The number of rotatable bonds is 5. The minimum Gasteiger partial charge on any atom is -0.497 e. The largest absolute Gasteiger partial charge is 0.497 e. The zero-order valence-electron chi connectivity index (χ0n) is 22.0. The summed E-state index contributed by atoms with van der Waals surface area (Å²) in [6.45, 7) is 0.178. The van der Waals surface area contributed by atoms with Crippen LogP contribution in [-0.2, 0) is 9.59 Å². The molecular formula is C31H32N2O6. The molecule has 8 nitrogen and oxygen atoms in total. The molecule has 2 aliphatic rings. The zero-order chi connectivity index (χ0) is 27.2. The topological polar surface area (TPSA) is 95.1 Å². The summed E-state index contributed by atoms with van der Waals surface area (Å²) in [6, 6.07) is 20.0. The van der Waals surface area contributed by atoms with Crippen molar-refractivity contribution >= 4 is 11.8 Å². The van der Waals surface area contributed by atoms with Gasteiger partial charge in [-0.2, -0.15) is 0 Å². The van der Waals surface area contributed by atoms with Crippen molar-refractivity contribution in [3.05, 3.63) is 95.6 Å². The molecule has 0 bridgehead atoms. The van der Waals surface area contributed by atoms with Gasteiger partial charge in [0.1, 0.15) is 11.5 Å². The van der Waals surface area contributed by atoms with Gasteiger partial charge in [0.05, 0.1) is 32.2 Å². The average Bonchev–Trinajstić information content (AvgIpc) is 3.44. The van der Waals surface area contributed by atoms with Gasteiger partial charge in [-0.25, -0.2) is 0 Å². The summed E-state index contributed by atoms with van der Waals surface area (Å²) in [5.41, 5.74) is 2.51. The lowest BCUT2D eigenvalue weighted by Gasteiger charge is -2.26. The highest BCUT2D eigenvalue weighted by Crippen LogP contribution is 2.36. The van der Waals surface area contributed by atoms with Crippen molar-refractivity contribution in [2.75, 3.05) is 21.0 Å². The molecule has 202 valence electrons. The number of carbonyl (C=O) groups is 2. The molecule has 2 aliphatic heterocycles. The minimum absolute atomic E-state index is 0.00237. The van der Waals surface area contributed by atoms with Crippen molar-refractivity contribution in [3.8, 4) is 23.0 Å². The molecule has 8 heteroatoms. The number of methoxy groups -OCH3 is 2. The molecule has 3 aromatic carbocycles. The van der Waals surface area contributed by atoms with E-state index < -0.39 is 5.92 Å². The third kappa shape index (κ3) is 6.00. The van der Waals surface area contributed by atoms with Crippen molar-refractivity contribution in [3.63, 3.8) is 0 Å². The molecule has 2 amide bonds. The summed E-state index contributed by atoms with van der Waals surface area (Å²) < 4.78 is 22.0. The third-order valence-corrected chi connectivity index (χ3v) is 7.08. The van der Waals surface area contributed by atoms with E-state index in [9.17, 15) is 9.59 Å². The van der Waals surface area contributed by atoms with Crippen LogP contribution in [0.4, 0.5) is 0 Å². The molecule has 0 saturated carbocycles. The quantitative estimate of drug-likeness (QED) is 0.454. The van der Waals surface area contributed by atoms with E-state index in [1.54, 1.807) is 20.3 Å². The van der Waals surface area contributed by atoms with Gasteiger partial charge in [0, 0.05) is 18.1 Å². The molecule has 0 aliphatic carbocycles. The summed E-state index contributed by atoms with van der Waals surface area (Å²) in [7, 11) is 3.19. The fourth-order valence-corrected chi connectivity index (χ4v) is 5.00. The number of nitrogens with one attached hydrogen (secondary N) is 2. The lowest BCUT2D eigenvalue weighted by atomic mass is 9.92. The Hall–Kier alpha value is -4.46. The van der Waals surface area contributed by atoms with Gasteiger partial charge in [-0.15, -0.1) is 0 Å². The van der Waals surface area contributed by atoms with Gasteiger partial charge in [-0.1, -0.05) is 48.6 Å². The number of ether oxygens (including phenoxy) is 4. The first kappa shape index (κ1) is 26.2. The smallest absolute Gasteiger partial charge is 0.231 e. The molecule has 39 heavy (non-hydrogen) atoms. The van der Waals surface area contributed by atoms with E-state index in [0.717, 1.165) is 16.7 Å². The molecule has 2 N–H and O–H groups in total. The Morgan fingerprint density at radius 1 is 0.769 bits per heavy atom. The van der Waals surface area contributed by atoms with Gasteiger partial charge >= 0.3 is 0 Å². The molecule has 0 saturated heterocycles. The highest BCUT2D eigenvalue weighted by molar-refractivity contribution is 5.90. The van der Waals surface area contributed by atoms with Crippen LogP contribution in [0.5, 0.6) is 23.0 Å². The molecule has 0 fully saturated rings. The van der Waals surface area contributed by atoms with Crippen molar-refractivity contribution in [1.82, 2.24) is 10.6 Å². The van der Waals surface area contributed by atoms with Gasteiger partial charge in [-0.05, 0) is 48.2 Å². The van der Waals surface area contributed by atoms with Gasteiger partial charge in [0.25, 0.3) is 0 Å². The Morgan fingerprint density at radius 3 is 2.31 bits per heavy atom. The molecule has 0 unspecified atom stereocenters. The minimum atomic E-state index is -0.662. The maximum Gasteiger partial charge on any atom is 0.231 e. The van der Waals surface area contributed by atoms with E-state index in [0.29, 0.717) is 35.8 Å². The molecule has 2 heterocycles. The second kappa shape index (κ2) is 11.9. The molecule has 5 rings (SSSR count). The van der Waals surface area contributed by atoms with Crippen LogP contribution in [0.25, 0.3) is 0 Å². The van der Waals surface area contributed by atoms with Crippen LogP contribution in [0.2, 0.25) is 0 Å². The predicted octanol–water partition coefficient (Wildman–Crippen LogP) is 4.97. The zero-order valence-corrected chi connectivity index (χ0v) is 22.0. The summed E-state index contributed by atoms with van der Waals surface area (Å²) in [5, 5.41) is 6.32. The molecule has 3 aromatic rings. The number of carbonyl (C=O) groups excluding carboxylic acids is 2. The second-order valence-corrected chi connectivity index (χ2v) is 9.51. The number of hydrogen-bond donors (Lipinski definition) is 2. The molecule has 0 spiro atoms. The highest BCUT2D eigenvalue weighted by Gasteiger charge is 2.29. The standard InChI is InChI=1S/C31H32N2O6/c1-36-22-13-14-23(28(17-22)37-2)26-11-7-6-10-25(21-12-15-27-29(16-21)39-19-38-27)33-31(35)24(18-30(34)32-26)20-8-4-3-5-9-20/h3-9,12-17,24-26H,10-11,18-19H2,1-2H3,(H,32,34)(H,33,35)/b7-6-/t24-,25+,26+/m0/s1. The first-order valence-corrected chi connectivity index (χ1v) is 13.0. The summed E-state index contributed by atoms with van der Waals surface area (Å²) in [5.74, 6) is 1.52. The van der Waals surface area contributed by atoms with Crippen molar-refractivity contribution < 1.29 is 28.5 Å². The van der Waals surface area contributed by atoms with Crippen LogP contribution < -0.4 is 29.6 Å². The Kier molecular flexibility index (Phi) is 8.01. The van der Waals surface area contributed by atoms with E-state index in [4.69, 9.17) is 18.9 Å². The van der Waals surface area contributed by atoms with E-state index in [2.05, 4.69) is 10.6 Å². The highest BCUT2D eigenvalue weighted by atomic mass is 16.7. The van der Waals surface area contributed by atoms with Crippen molar-refractivity contribution in [2.24, 2.45) is 0 Å². The van der Waals surface area contributed by atoms with E-state index >= 15 is 0 Å². The van der Waals surface area contributed by atoms with Crippen LogP contribution in [0.3, 0.4) is 0 Å². The fourth-order valence-electron chi connectivity index (χ4n) is 5.00. The summed E-state index contributed by atoms with van der Waals surface area (Å²) >= 11 is 0. The average molecular weight is 529 g/mol. The van der Waals surface area contributed by atoms with Crippen LogP contribution in [0.15, 0.2) is 78.9 Å². The monoisotopic (exact) mass is 528 g/mol. The lowest BCUT2D eigenvalue weighted by molar-refractivity contribution is -0.128. The number of amides is 2. The first-order chi connectivity index (χ1) is 19.1. The number of hydrogen-bond acceptors (Lipinski definition) is 6. The summed E-state index contributed by atoms with van der Waals surface area (Å²) in [4.78, 5) is 27.1. The normalized spacial score (nSPS) is 22.1. The predicted molar refractivity (Wildman–Crippen MR) is 146 cm³/mol. The Labute approximate surface area is 227 Å².